The number of benzene rings is 1. The van der Waals surface area contributed by atoms with E-state index in [9.17, 15) is 9.90 Å². The van der Waals surface area contributed by atoms with Gasteiger partial charge in [-0.1, -0.05) is 36.4 Å². The Morgan fingerprint density at radius 3 is 2.25 bits per heavy atom. The van der Waals surface area contributed by atoms with Crippen molar-refractivity contribution in [3.8, 4) is 0 Å². The number of aliphatic hydroxyl groups is 2. The van der Waals surface area contributed by atoms with E-state index in [0.29, 0.717) is 5.57 Å². The summed E-state index contributed by atoms with van der Waals surface area (Å²) in [5, 5.41) is 27.2. The Bertz CT molecular complexity index is 383. The van der Waals surface area contributed by atoms with Gasteiger partial charge in [0.2, 0.25) is 0 Å². The summed E-state index contributed by atoms with van der Waals surface area (Å²) in [6.45, 7) is 1.57. The van der Waals surface area contributed by atoms with Crippen molar-refractivity contribution >= 4 is 12.0 Å². The number of aliphatic carboxylic acids is 1. The average molecular weight is 222 g/mol. The molecule has 16 heavy (non-hydrogen) atoms. The van der Waals surface area contributed by atoms with Crippen molar-refractivity contribution < 1.29 is 20.1 Å². The van der Waals surface area contributed by atoms with Gasteiger partial charge in [0.15, 0.2) is 6.10 Å². The second-order valence-corrected chi connectivity index (χ2v) is 3.53. The van der Waals surface area contributed by atoms with Crippen LogP contribution in [0, 0.1) is 0 Å². The van der Waals surface area contributed by atoms with Crippen molar-refractivity contribution in [3.63, 3.8) is 0 Å². The normalized spacial score (nSPS) is 15.6. The van der Waals surface area contributed by atoms with Gasteiger partial charge in [0.05, 0.1) is 0 Å². The van der Waals surface area contributed by atoms with Gasteiger partial charge in [-0.05, 0) is 18.1 Å². The molecule has 1 rings (SSSR count). The SMILES string of the molecule is C/C(=C\c1ccccc1)C(O)C(O)C(=O)O. The molecule has 0 aliphatic rings. The van der Waals surface area contributed by atoms with Gasteiger partial charge in [-0.2, -0.15) is 0 Å². The molecule has 2 atom stereocenters. The van der Waals surface area contributed by atoms with E-state index in [-0.39, 0.29) is 0 Å². The fraction of sp³-hybridized carbons (Fsp3) is 0.250. The lowest BCUT2D eigenvalue weighted by Gasteiger charge is -2.14. The third-order valence-electron chi connectivity index (χ3n) is 2.21. The van der Waals surface area contributed by atoms with Crippen LogP contribution in [0.2, 0.25) is 0 Å². The Morgan fingerprint density at radius 2 is 1.75 bits per heavy atom. The molecule has 0 saturated carbocycles. The van der Waals surface area contributed by atoms with Crippen molar-refractivity contribution in [2.24, 2.45) is 0 Å². The lowest BCUT2D eigenvalue weighted by Crippen LogP contribution is -2.34. The first-order chi connectivity index (χ1) is 7.52. The summed E-state index contributed by atoms with van der Waals surface area (Å²) in [5.74, 6) is -1.44. The van der Waals surface area contributed by atoms with Crippen LogP contribution in [0.15, 0.2) is 35.9 Å². The smallest absolute Gasteiger partial charge is 0.335 e. The second-order valence-electron chi connectivity index (χ2n) is 3.53. The minimum atomic E-state index is -1.79. The van der Waals surface area contributed by atoms with Gasteiger partial charge in [0.25, 0.3) is 0 Å². The number of hydrogen-bond donors (Lipinski definition) is 3. The van der Waals surface area contributed by atoms with Crippen LogP contribution in [-0.2, 0) is 4.79 Å². The molecule has 3 N–H and O–H groups in total. The first kappa shape index (κ1) is 12.4. The minimum Gasteiger partial charge on any atom is -0.479 e. The molecule has 0 aromatic heterocycles. The summed E-state index contributed by atoms with van der Waals surface area (Å²) < 4.78 is 0. The standard InChI is InChI=1S/C12H14O4/c1-8(10(13)11(14)12(15)16)7-9-5-3-2-4-6-9/h2-7,10-11,13-14H,1H3,(H,15,16)/b8-7+. The number of rotatable bonds is 4. The van der Waals surface area contributed by atoms with E-state index in [2.05, 4.69) is 0 Å². The summed E-state index contributed by atoms with van der Waals surface area (Å²) in [6.07, 6.45) is -1.55. The van der Waals surface area contributed by atoms with Crippen molar-refractivity contribution in [2.75, 3.05) is 0 Å². The number of carboxylic acid groups (broad SMARTS) is 1. The summed E-state index contributed by atoms with van der Waals surface area (Å²) in [4.78, 5) is 10.5. The summed E-state index contributed by atoms with van der Waals surface area (Å²) >= 11 is 0. The molecule has 1 aromatic rings. The maximum atomic E-state index is 10.5. The number of hydrogen-bond acceptors (Lipinski definition) is 3. The maximum absolute atomic E-state index is 10.5. The molecule has 0 spiro atoms. The lowest BCUT2D eigenvalue weighted by molar-refractivity contribution is -0.151. The fourth-order valence-electron chi connectivity index (χ4n) is 1.28. The van der Waals surface area contributed by atoms with Gasteiger partial charge in [-0.25, -0.2) is 4.79 Å². The van der Waals surface area contributed by atoms with Crippen molar-refractivity contribution in [1.82, 2.24) is 0 Å². The molecule has 86 valence electrons. The van der Waals surface area contributed by atoms with Crippen molar-refractivity contribution in [1.29, 1.82) is 0 Å². The third-order valence-corrected chi connectivity index (χ3v) is 2.21. The first-order valence-corrected chi connectivity index (χ1v) is 4.84. The van der Waals surface area contributed by atoms with Gasteiger partial charge in [0.1, 0.15) is 6.10 Å². The van der Waals surface area contributed by atoms with E-state index in [0.717, 1.165) is 5.56 Å². The maximum Gasteiger partial charge on any atom is 0.335 e. The molecule has 0 bridgehead atoms. The molecular weight excluding hydrogens is 208 g/mol. The zero-order chi connectivity index (χ0) is 12.1. The molecule has 0 radical (unpaired) electrons. The number of carboxylic acids is 1. The molecule has 2 unspecified atom stereocenters. The third kappa shape index (κ3) is 3.18. The predicted molar refractivity (Wildman–Crippen MR) is 59.7 cm³/mol. The van der Waals surface area contributed by atoms with Crippen LogP contribution in [0.1, 0.15) is 12.5 Å². The zero-order valence-corrected chi connectivity index (χ0v) is 8.87. The van der Waals surface area contributed by atoms with Crippen LogP contribution < -0.4 is 0 Å². The van der Waals surface area contributed by atoms with Crippen LogP contribution in [0.25, 0.3) is 6.08 Å². The number of carbonyl (C=O) groups is 1. The summed E-state index contributed by atoms with van der Waals surface area (Å²) in [7, 11) is 0. The Morgan fingerprint density at radius 1 is 1.19 bits per heavy atom. The predicted octanol–water partition coefficient (Wildman–Crippen LogP) is 0.896. The highest BCUT2D eigenvalue weighted by Crippen LogP contribution is 2.12. The average Bonchev–Trinajstić information content (AvgIpc) is 2.28. The van der Waals surface area contributed by atoms with Gasteiger partial charge < -0.3 is 15.3 Å². The topological polar surface area (TPSA) is 77.8 Å². The van der Waals surface area contributed by atoms with E-state index in [1.165, 1.54) is 0 Å². The number of aliphatic hydroxyl groups excluding tert-OH is 2. The van der Waals surface area contributed by atoms with E-state index >= 15 is 0 Å². The van der Waals surface area contributed by atoms with Crippen LogP contribution in [0.4, 0.5) is 0 Å². The molecule has 4 nitrogen and oxygen atoms in total. The molecule has 0 fully saturated rings. The second kappa shape index (κ2) is 5.44. The van der Waals surface area contributed by atoms with E-state index in [4.69, 9.17) is 10.2 Å². The molecule has 0 aliphatic carbocycles. The fourth-order valence-corrected chi connectivity index (χ4v) is 1.28. The molecular formula is C12H14O4. The molecule has 4 heteroatoms. The zero-order valence-electron chi connectivity index (χ0n) is 8.87. The summed E-state index contributed by atoms with van der Waals surface area (Å²) in [6, 6.07) is 9.17. The summed E-state index contributed by atoms with van der Waals surface area (Å²) in [5.41, 5.74) is 1.25. The van der Waals surface area contributed by atoms with Crippen LogP contribution >= 0.6 is 0 Å². The molecule has 0 heterocycles. The molecule has 1 aromatic carbocycles. The van der Waals surface area contributed by atoms with Gasteiger partial charge in [-0.15, -0.1) is 0 Å². The molecule has 0 saturated heterocycles. The van der Waals surface area contributed by atoms with Gasteiger partial charge in [-0.3, -0.25) is 0 Å². The molecule has 0 amide bonds. The van der Waals surface area contributed by atoms with Crippen LogP contribution in [0.5, 0.6) is 0 Å². The lowest BCUT2D eigenvalue weighted by atomic mass is 10.0. The Kier molecular flexibility index (Phi) is 4.22. The first-order valence-electron chi connectivity index (χ1n) is 4.84. The van der Waals surface area contributed by atoms with Gasteiger partial charge >= 0.3 is 5.97 Å². The van der Waals surface area contributed by atoms with Gasteiger partial charge in [0, 0.05) is 0 Å². The quantitative estimate of drug-likeness (QED) is 0.707. The highest BCUT2D eigenvalue weighted by molar-refractivity contribution is 5.74. The van der Waals surface area contributed by atoms with E-state index in [1.54, 1.807) is 13.0 Å². The Balaban J connectivity index is 2.82. The monoisotopic (exact) mass is 222 g/mol. The minimum absolute atomic E-state index is 0.404. The highest BCUT2D eigenvalue weighted by atomic mass is 16.4. The van der Waals surface area contributed by atoms with Crippen molar-refractivity contribution in [3.05, 3.63) is 41.5 Å². The Hall–Kier alpha value is -1.65. The van der Waals surface area contributed by atoms with E-state index < -0.39 is 18.2 Å². The van der Waals surface area contributed by atoms with Crippen LogP contribution in [0.3, 0.4) is 0 Å². The largest absolute Gasteiger partial charge is 0.479 e. The Labute approximate surface area is 93.5 Å². The highest BCUT2D eigenvalue weighted by Gasteiger charge is 2.24. The van der Waals surface area contributed by atoms with E-state index in [1.807, 2.05) is 30.3 Å². The molecule has 0 aliphatic heterocycles. The van der Waals surface area contributed by atoms with Crippen LogP contribution in [-0.4, -0.2) is 33.5 Å². The van der Waals surface area contributed by atoms with Crippen molar-refractivity contribution in [2.45, 2.75) is 19.1 Å².